The van der Waals surface area contributed by atoms with Crippen molar-refractivity contribution in [1.29, 1.82) is 0 Å². The third-order valence-corrected chi connectivity index (χ3v) is 2.51. The highest BCUT2D eigenvalue weighted by atomic mass is 32.1. The van der Waals surface area contributed by atoms with Gasteiger partial charge in [-0.05, 0) is 19.3 Å². The molecule has 0 saturated heterocycles. The van der Waals surface area contributed by atoms with E-state index in [-0.39, 0.29) is 11.9 Å². The van der Waals surface area contributed by atoms with Crippen LogP contribution in [0, 0.1) is 5.92 Å². The lowest BCUT2D eigenvalue weighted by atomic mass is 9.99. The number of ether oxygens (including phenoxy) is 1. The average Bonchev–Trinajstić information content (AvgIpc) is 2.16. The van der Waals surface area contributed by atoms with Gasteiger partial charge in [-0.2, -0.15) is 0 Å². The van der Waals surface area contributed by atoms with Crippen LogP contribution in [0.3, 0.4) is 0 Å². The summed E-state index contributed by atoms with van der Waals surface area (Å²) in [5.74, 6) is -0.315. The molecule has 0 saturated carbocycles. The number of carbonyl (C=O) groups is 1. The van der Waals surface area contributed by atoms with Crippen molar-refractivity contribution >= 4 is 23.1 Å². The second kappa shape index (κ2) is 7.92. The summed E-state index contributed by atoms with van der Waals surface area (Å²) in [6.45, 7) is 6.53. The molecule has 0 aromatic heterocycles. The molecule has 0 aromatic rings. The molecule has 82 valence electrons. The molecule has 0 aliphatic rings. The minimum absolute atomic E-state index is 0.146. The van der Waals surface area contributed by atoms with E-state index in [0.29, 0.717) is 6.61 Å². The Morgan fingerprint density at radius 2 is 1.93 bits per heavy atom. The van der Waals surface area contributed by atoms with E-state index >= 15 is 0 Å². The lowest BCUT2D eigenvalue weighted by molar-refractivity contribution is -0.146. The predicted molar refractivity (Wildman–Crippen MR) is 62.5 cm³/mol. The SMILES string of the molecule is CCCOC(=O)C(CC)C(=S)CCC. The van der Waals surface area contributed by atoms with Gasteiger partial charge in [0.05, 0.1) is 12.5 Å². The summed E-state index contributed by atoms with van der Waals surface area (Å²) in [6, 6.07) is 0. The Hall–Kier alpha value is -0.440. The fourth-order valence-corrected chi connectivity index (χ4v) is 1.72. The zero-order valence-corrected chi connectivity index (χ0v) is 10.2. The number of esters is 1. The van der Waals surface area contributed by atoms with Crippen molar-refractivity contribution in [2.45, 2.75) is 46.5 Å². The lowest BCUT2D eigenvalue weighted by Gasteiger charge is -2.14. The molecule has 3 heteroatoms. The molecular formula is C11H20O2S. The fourth-order valence-electron chi connectivity index (χ4n) is 1.25. The van der Waals surface area contributed by atoms with Crippen LogP contribution in [0.4, 0.5) is 0 Å². The van der Waals surface area contributed by atoms with Crippen molar-refractivity contribution in [2.75, 3.05) is 6.61 Å². The first-order valence-corrected chi connectivity index (χ1v) is 5.77. The standard InChI is InChI=1S/C11H20O2S/c1-4-7-10(14)9(6-3)11(12)13-8-5-2/h9H,4-8H2,1-3H3. The summed E-state index contributed by atoms with van der Waals surface area (Å²) in [4.78, 5) is 12.4. The van der Waals surface area contributed by atoms with Crippen LogP contribution >= 0.6 is 12.2 Å². The maximum Gasteiger partial charge on any atom is 0.313 e. The number of carbonyl (C=O) groups excluding carboxylic acids is 1. The van der Waals surface area contributed by atoms with Crippen LogP contribution in [0.25, 0.3) is 0 Å². The summed E-state index contributed by atoms with van der Waals surface area (Å²) in [5, 5.41) is 0. The predicted octanol–water partition coefficient (Wildman–Crippen LogP) is 3.14. The fraction of sp³-hybridized carbons (Fsp3) is 0.818. The zero-order chi connectivity index (χ0) is 11.0. The number of thiocarbonyl (C=S) groups is 1. The molecule has 0 aliphatic heterocycles. The minimum atomic E-state index is -0.170. The van der Waals surface area contributed by atoms with E-state index in [4.69, 9.17) is 17.0 Å². The van der Waals surface area contributed by atoms with Gasteiger partial charge in [0.25, 0.3) is 0 Å². The Balaban J connectivity index is 4.10. The highest BCUT2D eigenvalue weighted by Crippen LogP contribution is 2.12. The van der Waals surface area contributed by atoms with Gasteiger partial charge in [-0.1, -0.05) is 39.4 Å². The van der Waals surface area contributed by atoms with Crippen LogP contribution in [0.2, 0.25) is 0 Å². The second-order valence-corrected chi connectivity index (χ2v) is 3.87. The molecule has 0 bridgehead atoms. The largest absolute Gasteiger partial charge is 0.465 e. The van der Waals surface area contributed by atoms with Crippen LogP contribution in [0.1, 0.15) is 46.5 Å². The molecular weight excluding hydrogens is 196 g/mol. The van der Waals surface area contributed by atoms with Gasteiger partial charge in [-0.3, -0.25) is 4.79 Å². The average molecular weight is 216 g/mol. The van der Waals surface area contributed by atoms with Crippen LogP contribution in [-0.2, 0) is 9.53 Å². The van der Waals surface area contributed by atoms with E-state index in [1.807, 2.05) is 13.8 Å². The van der Waals surface area contributed by atoms with E-state index in [2.05, 4.69) is 6.92 Å². The van der Waals surface area contributed by atoms with Crippen molar-refractivity contribution in [1.82, 2.24) is 0 Å². The Morgan fingerprint density at radius 1 is 1.29 bits per heavy atom. The number of hydrogen-bond acceptors (Lipinski definition) is 3. The van der Waals surface area contributed by atoms with Crippen LogP contribution in [0.15, 0.2) is 0 Å². The summed E-state index contributed by atoms with van der Waals surface area (Å²) in [7, 11) is 0. The van der Waals surface area contributed by atoms with Gasteiger partial charge in [0.2, 0.25) is 0 Å². The van der Waals surface area contributed by atoms with Crippen LogP contribution in [-0.4, -0.2) is 17.4 Å². The van der Waals surface area contributed by atoms with Crippen molar-refractivity contribution in [2.24, 2.45) is 5.92 Å². The quantitative estimate of drug-likeness (QED) is 0.483. The van der Waals surface area contributed by atoms with Gasteiger partial charge in [-0.25, -0.2) is 0 Å². The normalized spacial score (nSPS) is 12.2. The summed E-state index contributed by atoms with van der Waals surface area (Å²) in [5.41, 5.74) is 0. The first-order valence-electron chi connectivity index (χ1n) is 5.36. The highest BCUT2D eigenvalue weighted by molar-refractivity contribution is 7.80. The van der Waals surface area contributed by atoms with E-state index in [1.54, 1.807) is 0 Å². The molecule has 0 N–H and O–H groups in total. The molecule has 0 fully saturated rings. The van der Waals surface area contributed by atoms with Crippen molar-refractivity contribution in [3.63, 3.8) is 0 Å². The lowest BCUT2D eigenvalue weighted by Crippen LogP contribution is -2.24. The van der Waals surface area contributed by atoms with Gasteiger partial charge < -0.3 is 4.74 Å². The van der Waals surface area contributed by atoms with E-state index < -0.39 is 0 Å². The number of rotatable bonds is 7. The third-order valence-electron chi connectivity index (χ3n) is 2.03. The third kappa shape index (κ3) is 4.70. The van der Waals surface area contributed by atoms with Crippen molar-refractivity contribution in [3.8, 4) is 0 Å². The molecule has 0 amide bonds. The molecule has 1 unspecified atom stereocenters. The van der Waals surface area contributed by atoms with Gasteiger partial charge in [0.1, 0.15) is 0 Å². The molecule has 0 aliphatic carbocycles. The van der Waals surface area contributed by atoms with Crippen LogP contribution in [0.5, 0.6) is 0 Å². The zero-order valence-electron chi connectivity index (χ0n) is 9.34. The van der Waals surface area contributed by atoms with Gasteiger partial charge in [0, 0.05) is 4.86 Å². The second-order valence-electron chi connectivity index (χ2n) is 3.34. The Bertz CT molecular complexity index is 190. The van der Waals surface area contributed by atoms with E-state index in [0.717, 1.165) is 30.5 Å². The smallest absolute Gasteiger partial charge is 0.313 e. The highest BCUT2D eigenvalue weighted by Gasteiger charge is 2.21. The maximum absolute atomic E-state index is 11.5. The van der Waals surface area contributed by atoms with Gasteiger partial charge in [-0.15, -0.1) is 0 Å². The van der Waals surface area contributed by atoms with Crippen molar-refractivity contribution in [3.05, 3.63) is 0 Å². The molecule has 0 aromatic carbocycles. The Labute approximate surface area is 92.0 Å². The Kier molecular flexibility index (Phi) is 7.67. The summed E-state index contributed by atoms with van der Waals surface area (Å²) in [6.07, 6.45) is 3.45. The molecule has 0 heterocycles. The van der Waals surface area contributed by atoms with E-state index in [9.17, 15) is 4.79 Å². The minimum Gasteiger partial charge on any atom is -0.465 e. The van der Waals surface area contributed by atoms with E-state index in [1.165, 1.54) is 0 Å². The topological polar surface area (TPSA) is 26.3 Å². The molecule has 2 nitrogen and oxygen atoms in total. The van der Waals surface area contributed by atoms with Gasteiger partial charge in [0.15, 0.2) is 0 Å². The van der Waals surface area contributed by atoms with Gasteiger partial charge >= 0.3 is 5.97 Å². The molecule has 1 atom stereocenters. The number of hydrogen-bond donors (Lipinski definition) is 0. The van der Waals surface area contributed by atoms with Crippen molar-refractivity contribution < 1.29 is 9.53 Å². The molecule has 0 radical (unpaired) electrons. The maximum atomic E-state index is 11.5. The molecule has 0 rings (SSSR count). The summed E-state index contributed by atoms with van der Waals surface area (Å²) < 4.78 is 5.09. The first-order chi connectivity index (χ1) is 6.67. The first kappa shape index (κ1) is 13.6. The molecule has 0 spiro atoms. The molecule has 14 heavy (non-hydrogen) atoms. The summed E-state index contributed by atoms with van der Waals surface area (Å²) >= 11 is 5.20. The van der Waals surface area contributed by atoms with Crippen LogP contribution < -0.4 is 0 Å². The Morgan fingerprint density at radius 3 is 2.36 bits per heavy atom. The monoisotopic (exact) mass is 216 g/mol.